The van der Waals surface area contributed by atoms with Gasteiger partial charge in [-0.25, -0.2) is 8.42 Å². The van der Waals surface area contributed by atoms with Crippen LogP contribution in [0.1, 0.15) is 38.7 Å². The predicted octanol–water partition coefficient (Wildman–Crippen LogP) is 6.20. The quantitative estimate of drug-likeness (QED) is 0.330. The van der Waals surface area contributed by atoms with Crippen LogP contribution in [-0.2, 0) is 14.8 Å². The second-order valence-corrected chi connectivity index (χ2v) is 10.6. The van der Waals surface area contributed by atoms with Crippen molar-refractivity contribution >= 4 is 43.2 Å². The normalized spacial score (nSPS) is 12.1. The van der Waals surface area contributed by atoms with Crippen LogP contribution >= 0.6 is 15.9 Å². The highest BCUT2D eigenvalue weighted by molar-refractivity contribution is 9.10. The zero-order valence-corrected chi connectivity index (χ0v) is 21.9. The minimum absolute atomic E-state index is 0.151. The summed E-state index contributed by atoms with van der Waals surface area (Å²) in [5.41, 5.74) is 2.29. The zero-order chi connectivity index (χ0) is 24.7. The Morgan fingerprint density at radius 1 is 1.03 bits per heavy atom. The van der Waals surface area contributed by atoms with E-state index in [1.807, 2.05) is 24.3 Å². The number of rotatable bonds is 10. The van der Waals surface area contributed by atoms with Crippen molar-refractivity contribution in [1.29, 1.82) is 0 Å². The van der Waals surface area contributed by atoms with Crippen LogP contribution in [0.3, 0.4) is 0 Å². The highest BCUT2D eigenvalue weighted by atomic mass is 79.9. The Morgan fingerprint density at radius 2 is 1.71 bits per heavy atom. The Labute approximate surface area is 210 Å². The molecule has 0 saturated carbocycles. The number of amides is 1. The Morgan fingerprint density at radius 3 is 2.29 bits per heavy atom. The molecule has 0 heterocycles. The number of para-hydroxylation sites is 1. The van der Waals surface area contributed by atoms with Gasteiger partial charge in [-0.3, -0.25) is 9.10 Å². The summed E-state index contributed by atoms with van der Waals surface area (Å²) in [6.45, 7) is 6.22. The van der Waals surface area contributed by atoms with E-state index in [4.69, 9.17) is 4.74 Å². The lowest BCUT2D eigenvalue weighted by Gasteiger charge is -2.23. The van der Waals surface area contributed by atoms with Gasteiger partial charge in [-0.1, -0.05) is 38.1 Å². The van der Waals surface area contributed by atoms with Crippen molar-refractivity contribution < 1.29 is 17.9 Å². The number of nitrogens with zero attached hydrogens (tertiary/aromatic N) is 1. The van der Waals surface area contributed by atoms with Gasteiger partial charge in [-0.15, -0.1) is 0 Å². The van der Waals surface area contributed by atoms with Crippen LogP contribution in [0, 0.1) is 0 Å². The van der Waals surface area contributed by atoms with Crippen LogP contribution in [0.2, 0.25) is 0 Å². The summed E-state index contributed by atoms with van der Waals surface area (Å²) in [6.07, 6.45) is 1.04. The van der Waals surface area contributed by atoms with Gasteiger partial charge in [0.05, 0.1) is 15.1 Å². The molecule has 3 rings (SSSR count). The number of hydrogen-bond acceptors (Lipinski definition) is 4. The molecule has 0 aliphatic carbocycles. The second kappa shape index (κ2) is 11.5. The number of anilines is 2. The van der Waals surface area contributed by atoms with Crippen molar-refractivity contribution in [3.8, 4) is 5.75 Å². The number of carbonyl (C=O) groups excluding carboxylic acids is 1. The Hall–Kier alpha value is -2.84. The molecule has 6 nitrogen and oxygen atoms in total. The van der Waals surface area contributed by atoms with Gasteiger partial charge in [0, 0.05) is 12.2 Å². The third kappa shape index (κ3) is 6.18. The van der Waals surface area contributed by atoms with Gasteiger partial charge in [0.25, 0.3) is 15.9 Å². The first kappa shape index (κ1) is 25.8. The molecule has 34 heavy (non-hydrogen) atoms. The fourth-order valence-electron chi connectivity index (χ4n) is 3.44. The van der Waals surface area contributed by atoms with Gasteiger partial charge < -0.3 is 10.1 Å². The largest absolute Gasteiger partial charge is 0.483 e. The van der Waals surface area contributed by atoms with Crippen molar-refractivity contribution in [3.05, 3.63) is 82.8 Å². The number of nitrogens with one attached hydrogen (secondary N) is 1. The Bertz CT molecular complexity index is 1220. The van der Waals surface area contributed by atoms with Crippen LogP contribution in [0.5, 0.6) is 5.75 Å². The maximum atomic E-state index is 13.1. The van der Waals surface area contributed by atoms with Gasteiger partial charge in [-0.2, -0.15) is 0 Å². The molecule has 0 aliphatic heterocycles. The Balaban J connectivity index is 1.63. The molecule has 8 heteroatoms. The molecule has 0 aliphatic rings. The van der Waals surface area contributed by atoms with Gasteiger partial charge in [-0.05, 0) is 89.3 Å². The van der Waals surface area contributed by atoms with E-state index in [0.717, 1.165) is 10.9 Å². The average Bonchev–Trinajstić information content (AvgIpc) is 2.84. The molecule has 1 amide bonds. The standard InChI is InChI=1S/C26H29BrN2O4S/c1-4-19(3)20-11-16-25(24(27)17-20)33-18-26(30)28-21-12-14-23(15-13-21)34(31,32)29(5-2)22-9-7-6-8-10-22/h6-17,19H,4-5,18H2,1-3H3,(H,28,30). The van der Waals surface area contributed by atoms with Crippen molar-refractivity contribution in [2.45, 2.75) is 38.0 Å². The number of carbonyl (C=O) groups is 1. The highest BCUT2D eigenvalue weighted by Crippen LogP contribution is 2.30. The molecule has 1 unspecified atom stereocenters. The molecule has 1 atom stereocenters. The lowest BCUT2D eigenvalue weighted by Crippen LogP contribution is -2.30. The lowest BCUT2D eigenvalue weighted by molar-refractivity contribution is -0.118. The first-order chi connectivity index (χ1) is 16.3. The topological polar surface area (TPSA) is 75.7 Å². The SMILES string of the molecule is CCC(C)c1ccc(OCC(=O)Nc2ccc(S(=O)(=O)N(CC)c3ccccc3)cc2)c(Br)c1. The third-order valence-corrected chi connectivity index (χ3v) is 8.09. The zero-order valence-electron chi connectivity index (χ0n) is 19.5. The minimum atomic E-state index is -3.72. The van der Waals surface area contributed by atoms with Crippen molar-refractivity contribution in [1.82, 2.24) is 0 Å². The van der Waals surface area contributed by atoms with Gasteiger partial charge in [0.15, 0.2) is 6.61 Å². The number of sulfonamides is 1. The summed E-state index contributed by atoms with van der Waals surface area (Å²) in [6, 6.07) is 20.9. The van der Waals surface area contributed by atoms with E-state index >= 15 is 0 Å². The second-order valence-electron chi connectivity index (χ2n) is 7.87. The third-order valence-electron chi connectivity index (χ3n) is 5.55. The van der Waals surface area contributed by atoms with E-state index in [1.165, 1.54) is 22.0 Å². The van der Waals surface area contributed by atoms with E-state index in [1.54, 1.807) is 43.3 Å². The van der Waals surface area contributed by atoms with Gasteiger partial charge in [0.1, 0.15) is 5.75 Å². The van der Waals surface area contributed by atoms with E-state index in [9.17, 15) is 13.2 Å². The lowest BCUT2D eigenvalue weighted by atomic mass is 9.99. The van der Waals surface area contributed by atoms with Gasteiger partial charge in [0.2, 0.25) is 0 Å². The average molecular weight is 545 g/mol. The van der Waals surface area contributed by atoms with E-state index in [0.29, 0.717) is 29.6 Å². The van der Waals surface area contributed by atoms with E-state index in [-0.39, 0.29) is 17.4 Å². The Kier molecular flexibility index (Phi) is 8.74. The van der Waals surface area contributed by atoms with Crippen LogP contribution in [0.25, 0.3) is 0 Å². The first-order valence-corrected chi connectivity index (χ1v) is 13.4. The van der Waals surface area contributed by atoms with E-state index < -0.39 is 10.0 Å². The monoisotopic (exact) mass is 544 g/mol. The fraction of sp³-hybridized carbons (Fsp3) is 0.269. The summed E-state index contributed by atoms with van der Waals surface area (Å²) in [5, 5.41) is 2.74. The maximum Gasteiger partial charge on any atom is 0.264 e. The number of hydrogen-bond donors (Lipinski definition) is 1. The highest BCUT2D eigenvalue weighted by Gasteiger charge is 2.23. The molecule has 3 aromatic rings. The molecule has 0 spiro atoms. The molecule has 1 N–H and O–H groups in total. The molecule has 0 fully saturated rings. The number of benzene rings is 3. The molecular formula is C26H29BrN2O4S. The molecule has 0 radical (unpaired) electrons. The fourth-order valence-corrected chi connectivity index (χ4v) is 5.42. The number of halogens is 1. The van der Waals surface area contributed by atoms with Crippen molar-refractivity contribution in [2.24, 2.45) is 0 Å². The predicted molar refractivity (Wildman–Crippen MR) is 140 cm³/mol. The molecule has 180 valence electrons. The van der Waals surface area contributed by atoms with Crippen molar-refractivity contribution in [3.63, 3.8) is 0 Å². The van der Waals surface area contributed by atoms with Gasteiger partial charge >= 0.3 is 0 Å². The maximum absolute atomic E-state index is 13.1. The summed E-state index contributed by atoms with van der Waals surface area (Å²) in [5.74, 6) is 0.690. The molecular weight excluding hydrogens is 516 g/mol. The van der Waals surface area contributed by atoms with Crippen LogP contribution < -0.4 is 14.4 Å². The summed E-state index contributed by atoms with van der Waals surface area (Å²) >= 11 is 3.50. The molecule has 0 bridgehead atoms. The number of ether oxygens (including phenoxy) is 1. The van der Waals surface area contributed by atoms with Crippen LogP contribution in [0.15, 0.2) is 82.2 Å². The molecule has 0 aromatic heterocycles. The smallest absolute Gasteiger partial charge is 0.264 e. The first-order valence-electron chi connectivity index (χ1n) is 11.2. The van der Waals surface area contributed by atoms with Crippen LogP contribution in [-0.4, -0.2) is 27.5 Å². The van der Waals surface area contributed by atoms with Crippen LogP contribution in [0.4, 0.5) is 11.4 Å². The van der Waals surface area contributed by atoms with Crippen molar-refractivity contribution in [2.75, 3.05) is 22.8 Å². The molecule has 3 aromatic carbocycles. The van der Waals surface area contributed by atoms with E-state index in [2.05, 4.69) is 35.1 Å². The summed E-state index contributed by atoms with van der Waals surface area (Å²) < 4.78 is 34.0. The molecule has 0 saturated heterocycles. The summed E-state index contributed by atoms with van der Waals surface area (Å²) in [4.78, 5) is 12.5. The minimum Gasteiger partial charge on any atom is -0.483 e. The summed E-state index contributed by atoms with van der Waals surface area (Å²) in [7, 11) is -3.72.